The number of anilines is 1. The molecule has 0 fully saturated rings. The van der Waals surface area contributed by atoms with Crippen LogP contribution in [0, 0.1) is 13.8 Å². The third kappa shape index (κ3) is 5.03. The monoisotopic (exact) mass is 493 g/mol. The summed E-state index contributed by atoms with van der Waals surface area (Å²) in [7, 11) is 0. The average molecular weight is 494 g/mol. The van der Waals surface area contributed by atoms with Crippen LogP contribution in [0.5, 0.6) is 0 Å². The van der Waals surface area contributed by atoms with Crippen LogP contribution in [0.1, 0.15) is 28.4 Å². The SMILES string of the molecule is Cc1ccc(-c2cc(C(=O)O[C@@H](C)C(=O)Nc3ncc(Cl)cc3Cl)c3ccccc3n2)c(C)c1. The van der Waals surface area contributed by atoms with Crippen molar-refractivity contribution in [3.05, 3.63) is 87.5 Å². The summed E-state index contributed by atoms with van der Waals surface area (Å²) < 4.78 is 5.51. The number of benzene rings is 2. The molecule has 0 aliphatic rings. The minimum atomic E-state index is -1.10. The zero-order chi connectivity index (χ0) is 24.4. The smallest absolute Gasteiger partial charge is 0.339 e. The number of carbonyl (C=O) groups excluding carboxylic acids is 2. The number of hydrogen-bond donors (Lipinski definition) is 1. The molecule has 4 rings (SSSR count). The number of para-hydroxylation sites is 1. The molecule has 4 aromatic rings. The van der Waals surface area contributed by atoms with E-state index in [-0.39, 0.29) is 10.8 Å². The molecular formula is C26H21Cl2N3O3. The van der Waals surface area contributed by atoms with Crippen LogP contribution in [0.15, 0.2) is 60.8 Å². The van der Waals surface area contributed by atoms with E-state index in [1.54, 1.807) is 12.1 Å². The van der Waals surface area contributed by atoms with Gasteiger partial charge in [0, 0.05) is 17.1 Å². The van der Waals surface area contributed by atoms with Gasteiger partial charge in [-0.2, -0.15) is 0 Å². The van der Waals surface area contributed by atoms with Gasteiger partial charge in [-0.05, 0) is 44.5 Å². The van der Waals surface area contributed by atoms with Gasteiger partial charge in [0.15, 0.2) is 11.9 Å². The maximum absolute atomic E-state index is 13.2. The molecule has 2 aromatic heterocycles. The van der Waals surface area contributed by atoms with Gasteiger partial charge in [0.2, 0.25) is 0 Å². The predicted octanol–water partition coefficient (Wildman–Crippen LogP) is 6.40. The summed E-state index contributed by atoms with van der Waals surface area (Å²) in [6, 6.07) is 16.5. The average Bonchev–Trinajstić information content (AvgIpc) is 2.80. The molecule has 34 heavy (non-hydrogen) atoms. The normalized spacial score (nSPS) is 11.8. The summed E-state index contributed by atoms with van der Waals surface area (Å²) in [4.78, 5) is 34.5. The van der Waals surface area contributed by atoms with Crippen molar-refractivity contribution in [1.29, 1.82) is 0 Å². The van der Waals surface area contributed by atoms with Crippen molar-refractivity contribution in [2.45, 2.75) is 26.9 Å². The molecule has 0 radical (unpaired) electrons. The first-order chi connectivity index (χ1) is 16.2. The zero-order valence-electron chi connectivity index (χ0n) is 18.7. The number of halogens is 2. The van der Waals surface area contributed by atoms with Crippen LogP contribution < -0.4 is 5.32 Å². The molecular weight excluding hydrogens is 473 g/mol. The fraction of sp³-hybridized carbons (Fsp3) is 0.154. The minimum absolute atomic E-state index is 0.130. The van der Waals surface area contributed by atoms with Gasteiger partial charge < -0.3 is 10.1 Å². The molecule has 0 saturated carbocycles. The number of fused-ring (bicyclic) bond motifs is 1. The second-order valence-corrected chi connectivity index (χ2v) is 8.75. The Morgan fingerprint density at radius 3 is 2.53 bits per heavy atom. The molecule has 1 amide bonds. The number of aryl methyl sites for hydroxylation is 2. The van der Waals surface area contributed by atoms with Crippen molar-refractivity contribution >= 4 is 51.8 Å². The molecule has 1 atom stereocenters. The van der Waals surface area contributed by atoms with E-state index in [0.717, 1.165) is 16.7 Å². The maximum Gasteiger partial charge on any atom is 0.339 e. The fourth-order valence-electron chi connectivity index (χ4n) is 3.59. The summed E-state index contributed by atoms with van der Waals surface area (Å²) >= 11 is 11.9. The fourth-order valence-corrected chi connectivity index (χ4v) is 4.01. The lowest BCUT2D eigenvalue weighted by molar-refractivity contribution is -0.123. The van der Waals surface area contributed by atoms with E-state index in [1.165, 1.54) is 19.2 Å². The van der Waals surface area contributed by atoms with Crippen LogP contribution in [0.2, 0.25) is 10.0 Å². The number of carbonyl (C=O) groups is 2. The third-order valence-electron chi connectivity index (χ3n) is 5.30. The van der Waals surface area contributed by atoms with Crippen LogP contribution in [0.25, 0.3) is 22.2 Å². The standard InChI is InChI=1S/C26H21Cl2N3O3/c1-14-8-9-18(15(2)10-14)23-12-20(19-6-4-5-7-22(19)30-23)26(33)34-16(3)25(32)31-24-21(28)11-17(27)13-29-24/h4-13,16H,1-3H3,(H,29,31,32)/t16-/m0/s1. The molecule has 2 heterocycles. The van der Waals surface area contributed by atoms with Crippen LogP contribution in [0.4, 0.5) is 5.82 Å². The molecule has 8 heteroatoms. The summed E-state index contributed by atoms with van der Waals surface area (Å²) in [6.45, 7) is 5.50. The first-order valence-corrected chi connectivity index (χ1v) is 11.3. The Bertz CT molecular complexity index is 1420. The number of ether oxygens (including phenoxy) is 1. The first kappa shape index (κ1) is 23.7. The number of hydrogen-bond acceptors (Lipinski definition) is 5. The highest BCUT2D eigenvalue weighted by atomic mass is 35.5. The molecule has 0 saturated heterocycles. The summed E-state index contributed by atoms with van der Waals surface area (Å²) in [5.41, 5.74) is 4.72. The summed E-state index contributed by atoms with van der Waals surface area (Å²) in [5, 5.41) is 3.70. The molecule has 0 spiro atoms. The summed E-state index contributed by atoms with van der Waals surface area (Å²) in [6.07, 6.45) is 0.259. The largest absolute Gasteiger partial charge is 0.449 e. The lowest BCUT2D eigenvalue weighted by Gasteiger charge is -2.15. The van der Waals surface area contributed by atoms with E-state index >= 15 is 0 Å². The number of nitrogens with zero attached hydrogens (tertiary/aromatic N) is 2. The number of pyridine rings is 2. The van der Waals surface area contributed by atoms with Gasteiger partial charge in [-0.3, -0.25) is 4.79 Å². The van der Waals surface area contributed by atoms with Crippen molar-refractivity contribution in [2.24, 2.45) is 0 Å². The predicted molar refractivity (Wildman–Crippen MR) is 134 cm³/mol. The maximum atomic E-state index is 13.2. The van der Waals surface area contributed by atoms with Gasteiger partial charge in [-0.1, -0.05) is 65.2 Å². The number of rotatable bonds is 5. The molecule has 0 aliphatic heterocycles. The Hall–Kier alpha value is -3.48. The highest BCUT2D eigenvalue weighted by molar-refractivity contribution is 6.36. The highest BCUT2D eigenvalue weighted by Gasteiger charge is 2.23. The Labute approximate surface area is 206 Å². The van der Waals surface area contributed by atoms with Crippen LogP contribution >= 0.6 is 23.2 Å². The Morgan fingerprint density at radius 2 is 1.79 bits per heavy atom. The molecule has 172 valence electrons. The van der Waals surface area contributed by atoms with Crippen molar-refractivity contribution in [1.82, 2.24) is 9.97 Å². The lowest BCUT2D eigenvalue weighted by atomic mass is 9.99. The van der Waals surface area contributed by atoms with Gasteiger partial charge in [0.25, 0.3) is 5.91 Å². The van der Waals surface area contributed by atoms with Crippen molar-refractivity contribution in [3.8, 4) is 11.3 Å². The second-order valence-electron chi connectivity index (χ2n) is 7.91. The summed E-state index contributed by atoms with van der Waals surface area (Å²) in [5.74, 6) is -1.08. The quantitative estimate of drug-likeness (QED) is 0.325. The van der Waals surface area contributed by atoms with E-state index in [4.69, 9.17) is 32.9 Å². The lowest BCUT2D eigenvalue weighted by Crippen LogP contribution is -2.30. The van der Waals surface area contributed by atoms with Crippen molar-refractivity contribution in [3.63, 3.8) is 0 Å². The van der Waals surface area contributed by atoms with Crippen LogP contribution in [-0.2, 0) is 9.53 Å². The van der Waals surface area contributed by atoms with E-state index < -0.39 is 18.0 Å². The van der Waals surface area contributed by atoms with E-state index in [1.807, 2.05) is 44.2 Å². The van der Waals surface area contributed by atoms with Gasteiger partial charge in [0.05, 0.1) is 26.8 Å². The van der Waals surface area contributed by atoms with Crippen LogP contribution in [0.3, 0.4) is 0 Å². The van der Waals surface area contributed by atoms with Crippen LogP contribution in [-0.4, -0.2) is 27.9 Å². The van der Waals surface area contributed by atoms with Crippen molar-refractivity contribution in [2.75, 3.05) is 5.32 Å². The molecule has 1 N–H and O–H groups in total. The Morgan fingerprint density at radius 1 is 1.03 bits per heavy atom. The van der Waals surface area contributed by atoms with E-state index in [2.05, 4.69) is 16.4 Å². The first-order valence-electron chi connectivity index (χ1n) is 10.5. The van der Waals surface area contributed by atoms with E-state index in [0.29, 0.717) is 27.2 Å². The van der Waals surface area contributed by atoms with Gasteiger partial charge >= 0.3 is 5.97 Å². The van der Waals surface area contributed by atoms with Gasteiger partial charge in [-0.15, -0.1) is 0 Å². The number of esters is 1. The highest BCUT2D eigenvalue weighted by Crippen LogP contribution is 2.28. The second kappa shape index (κ2) is 9.79. The minimum Gasteiger partial charge on any atom is -0.449 e. The Kier molecular flexibility index (Phi) is 6.82. The molecule has 2 aromatic carbocycles. The van der Waals surface area contributed by atoms with E-state index in [9.17, 15) is 9.59 Å². The molecule has 0 unspecified atom stereocenters. The van der Waals surface area contributed by atoms with Gasteiger partial charge in [0.1, 0.15) is 0 Å². The molecule has 0 aliphatic carbocycles. The topological polar surface area (TPSA) is 81.2 Å². The van der Waals surface area contributed by atoms with Crippen molar-refractivity contribution < 1.29 is 14.3 Å². The Balaban J connectivity index is 1.63. The molecule has 0 bridgehead atoms. The number of nitrogens with one attached hydrogen (secondary N) is 1. The number of amides is 1. The zero-order valence-corrected chi connectivity index (χ0v) is 20.2. The molecule has 6 nitrogen and oxygen atoms in total. The van der Waals surface area contributed by atoms with Gasteiger partial charge in [-0.25, -0.2) is 14.8 Å². The number of aromatic nitrogens is 2. The third-order valence-corrected chi connectivity index (χ3v) is 5.79.